The molecule has 0 saturated heterocycles. The lowest BCUT2D eigenvalue weighted by atomic mass is 10.2. The molecule has 1 aromatic heterocycles. The Morgan fingerprint density at radius 1 is 1.16 bits per heavy atom. The van der Waals surface area contributed by atoms with Crippen molar-refractivity contribution in [3.05, 3.63) is 53.9 Å². The van der Waals surface area contributed by atoms with E-state index < -0.39 is 0 Å². The number of carbonyl (C=O) groups excluding carboxylic acids is 1. The molecule has 0 aliphatic carbocycles. The van der Waals surface area contributed by atoms with Gasteiger partial charge in [0.15, 0.2) is 6.54 Å². The molecule has 6 heteroatoms. The third-order valence-electron chi connectivity index (χ3n) is 4.12. The van der Waals surface area contributed by atoms with Crippen molar-refractivity contribution in [1.29, 1.82) is 0 Å². The van der Waals surface area contributed by atoms with Crippen LogP contribution < -0.4 is 9.64 Å². The normalized spacial score (nSPS) is 12.0. The molecule has 6 nitrogen and oxygen atoms in total. The van der Waals surface area contributed by atoms with Gasteiger partial charge in [-0.2, -0.15) is 0 Å². The number of ether oxygens (including phenoxy) is 3. The zero-order chi connectivity index (χ0) is 18.1. The minimum Gasteiger partial charge on any atom is -0.497 e. The third kappa shape index (κ3) is 5.92. The van der Waals surface area contributed by atoms with E-state index in [1.807, 2.05) is 24.3 Å². The van der Waals surface area contributed by atoms with Crippen molar-refractivity contribution in [2.75, 3.05) is 41.0 Å². The van der Waals surface area contributed by atoms with Gasteiger partial charge in [0.2, 0.25) is 0 Å². The second-order valence-corrected chi connectivity index (χ2v) is 5.90. The fraction of sp³-hybridized carbons (Fsp3) is 0.421. The standard InChI is InChI=1S/C19H26N2O4/c1-23-11-10-20(15-19(22)25-3)14-17-7-5-9-21(17)13-16-6-4-8-18(12-16)24-2/h4-9,12H,10-11,13-15H2,1-3H3/p+1. The Balaban J connectivity index is 2.08. The first-order valence-corrected chi connectivity index (χ1v) is 8.32. The van der Waals surface area contributed by atoms with Crippen LogP contribution in [-0.4, -0.2) is 51.6 Å². The quantitative estimate of drug-likeness (QED) is 0.645. The van der Waals surface area contributed by atoms with Gasteiger partial charge in [0.25, 0.3) is 0 Å². The lowest BCUT2D eigenvalue weighted by Gasteiger charge is -2.19. The summed E-state index contributed by atoms with van der Waals surface area (Å²) in [4.78, 5) is 12.8. The first-order chi connectivity index (χ1) is 12.2. The van der Waals surface area contributed by atoms with E-state index >= 15 is 0 Å². The summed E-state index contributed by atoms with van der Waals surface area (Å²) >= 11 is 0. The maximum Gasteiger partial charge on any atom is 0.361 e. The van der Waals surface area contributed by atoms with Crippen LogP contribution in [-0.2, 0) is 27.4 Å². The average Bonchev–Trinajstić information content (AvgIpc) is 3.06. The van der Waals surface area contributed by atoms with Gasteiger partial charge >= 0.3 is 5.97 Å². The summed E-state index contributed by atoms with van der Waals surface area (Å²) in [7, 11) is 4.76. The molecule has 136 valence electrons. The summed E-state index contributed by atoms with van der Waals surface area (Å²) in [6.45, 7) is 3.16. The van der Waals surface area contributed by atoms with Crippen LogP contribution in [0.4, 0.5) is 0 Å². The zero-order valence-corrected chi connectivity index (χ0v) is 15.2. The Labute approximate surface area is 148 Å². The van der Waals surface area contributed by atoms with Gasteiger partial charge < -0.3 is 23.7 Å². The number of carbonyl (C=O) groups is 1. The molecule has 0 saturated carbocycles. The van der Waals surface area contributed by atoms with E-state index in [4.69, 9.17) is 14.2 Å². The van der Waals surface area contributed by atoms with Gasteiger partial charge in [-0.15, -0.1) is 0 Å². The first-order valence-electron chi connectivity index (χ1n) is 8.32. The van der Waals surface area contributed by atoms with Crippen LogP contribution in [0, 0.1) is 0 Å². The number of esters is 1. The number of quaternary nitrogens is 1. The molecule has 0 spiro atoms. The second-order valence-electron chi connectivity index (χ2n) is 5.90. The molecule has 2 rings (SSSR count). The number of nitrogens with zero attached hydrogens (tertiary/aromatic N) is 1. The van der Waals surface area contributed by atoms with Crippen molar-refractivity contribution in [3.8, 4) is 5.75 Å². The number of nitrogens with one attached hydrogen (secondary N) is 1. The number of methoxy groups -OCH3 is 3. The Hall–Kier alpha value is -2.31. The maximum absolute atomic E-state index is 11.7. The van der Waals surface area contributed by atoms with Crippen molar-refractivity contribution in [3.63, 3.8) is 0 Å². The van der Waals surface area contributed by atoms with Crippen molar-refractivity contribution in [2.45, 2.75) is 13.1 Å². The van der Waals surface area contributed by atoms with Crippen LogP contribution in [0.3, 0.4) is 0 Å². The third-order valence-corrected chi connectivity index (χ3v) is 4.12. The van der Waals surface area contributed by atoms with E-state index in [1.165, 1.54) is 12.7 Å². The molecule has 1 N–H and O–H groups in total. The van der Waals surface area contributed by atoms with Gasteiger partial charge in [0.1, 0.15) is 18.8 Å². The lowest BCUT2D eigenvalue weighted by Crippen LogP contribution is -3.12. The van der Waals surface area contributed by atoms with Gasteiger partial charge in [0, 0.05) is 19.9 Å². The smallest absolute Gasteiger partial charge is 0.361 e. The van der Waals surface area contributed by atoms with Gasteiger partial charge in [-0.3, -0.25) is 0 Å². The van der Waals surface area contributed by atoms with E-state index in [0.29, 0.717) is 13.2 Å². The molecule has 25 heavy (non-hydrogen) atoms. The zero-order valence-electron chi connectivity index (χ0n) is 15.2. The minimum atomic E-state index is -0.211. The van der Waals surface area contributed by atoms with Crippen LogP contribution in [0.25, 0.3) is 0 Å². The van der Waals surface area contributed by atoms with Crippen molar-refractivity contribution >= 4 is 5.97 Å². The number of aromatic nitrogens is 1. The molecule has 2 aromatic rings. The Kier molecular flexibility index (Phi) is 7.50. The number of hydrogen-bond donors (Lipinski definition) is 1. The molecule has 1 heterocycles. The number of rotatable bonds is 10. The topological polar surface area (TPSA) is 54.1 Å². The van der Waals surface area contributed by atoms with Crippen LogP contribution in [0.15, 0.2) is 42.6 Å². The van der Waals surface area contributed by atoms with Crippen LogP contribution in [0.5, 0.6) is 5.75 Å². The molecule has 0 amide bonds. The molecule has 0 bridgehead atoms. The van der Waals surface area contributed by atoms with Crippen LogP contribution in [0.1, 0.15) is 11.3 Å². The summed E-state index contributed by atoms with van der Waals surface area (Å²) in [5.41, 5.74) is 2.33. The molecule has 0 aliphatic heterocycles. The predicted molar refractivity (Wildman–Crippen MR) is 94.8 cm³/mol. The molecule has 1 aromatic carbocycles. The van der Waals surface area contributed by atoms with Gasteiger partial charge in [-0.05, 0) is 29.8 Å². The first kappa shape index (κ1) is 19.0. The van der Waals surface area contributed by atoms with E-state index in [1.54, 1.807) is 14.2 Å². The van der Waals surface area contributed by atoms with E-state index in [9.17, 15) is 4.79 Å². The average molecular weight is 347 g/mol. The highest BCUT2D eigenvalue weighted by atomic mass is 16.5. The molecule has 0 aliphatic rings. The summed E-state index contributed by atoms with van der Waals surface area (Å²) in [6.07, 6.45) is 2.06. The number of hydrogen-bond acceptors (Lipinski definition) is 4. The molecule has 0 fully saturated rings. The van der Waals surface area contributed by atoms with Gasteiger partial charge in [-0.25, -0.2) is 4.79 Å². The SMILES string of the molecule is COCC[NH+](CC(=O)OC)Cc1cccn1Cc1cccc(OC)c1. The summed E-state index contributed by atoms with van der Waals surface area (Å²) in [5, 5.41) is 0. The highest BCUT2D eigenvalue weighted by molar-refractivity contribution is 5.70. The Morgan fingerprint density at radius 2 is 2.00 bits per heavy atom. The summed E-state index contributed by atoms with van der Waals surface area (Å²) in [6, 6.07) is 12.2. The molecule has 0 radical (unpaired) electrons. The van der Waals surface area contributed by atoms with E-state index in [0.717, 1.165) is 36.0 Å². The molecule has 1 atom stereocenters. The predicted octanol–water partition coefficient (Wildman–Crippen LogP) is 0.749. The van der Waals surface area contributed by atoms with Crippen molar-refractivity contribution in [1.82, 2.24) is 4.57 Å². The van der Waals surface area contributed by atoms with Crippen LogP contribution >= 0.6 is 0 Å². The van der Waals surface area contributed by atoms with Crippen molar-refractivity contribution in [2.24, 2.45) is 0 Å². The number of benzene rings is 1. The maximum atomic E-state index is 11.7. The molecular weight excluding hydrogens is 320 g/mol. The van der Waals surface area contributed by atoms with Crippen LogP contribution in [0.2, 0.25) is 0 Å². The Bertz CT molecular complexity index is 669. The fourth-order valence-corrected chi connectivity index (χ4v) is 2.75. The molecule has 1 unspecified atom stereocenters. The lowest BCUT2D eigenvalue weighted by molar-refractivity contribution is -0.907. The Morgan fingerprint density at radius 3 is 2.72 bits per heavy atom. The largest absolute Gasteiger partial charge is 0.497 e. The molecular formula is C19H27N2O4+. The van der Waals surface area contributed by atoms with Crippen molar-refractivity contribution < 1.29 is 23.9 Å². The minimum absolute atomic E-state index is 0.211. The summed E-state index contributed by atoms with van der Waals surface area (Å²) in [5.74, 6) is 0.640. The van der Waals surface area contributed by atoms with Gasteiger partial charge in [-0.1, -0.05) is 12.1 Å². The summed E-state index contributed by atoms with van der Waals surface area (Å²) < 4.78 is 17.5. The van der Waals surface area contributed by atoms with Gasteiger partial charge in [0.05, 0.1) is 26.5 Å². The second kappa shape index (κ2) is 9.86. The monoisotopic (exact) mass is 347 g/mol. The fourth-order valence-electron chi connectivity index (χ4n) is 2.75. The highest BCUT2D eigenvalue weighted by Crippen LogP contribution is 2.14. The highest BCUT2D eigenvalue weighted by Gasteiger charge is 2.17. The van der Waals surface area contributed by atoms with E-state index in [-0.39, 0.29) is 5.97 Å². The van der Waals surface area contributed by atoms with E-state index in [2.05, 4.69) is 22.9 Å².